The van der Waals surface area contributed by atoms with Gasteiger partial charge in [0.15, 0.2) is 29.6 Å². The summed E-state index contributed by atoms with van der Waals surface area (Å²) in [6.45, 7) is 3.27. The fraction of sp³-hybridized carbons (Fsp3) is 0.262. The van der Waals surface area contributed by atoms with Gasteiger partial charge in [-0.3, -0.25) is 19.8 Å². The van der Waals surface area contributed by atoms with Gasteiger partial charge in [0, 0.05) is 69.1 Å². The van der Waals surface area contributed by atoms with Crippen LogP contribution in [-0.2, 0) is 22.6 Å². The molecule has 0 aliphatic carbocycles. The van der Waals surface area contributed by atoms with Crippen molar-refractivity contribution in [1.82, 2.24) is 10.2 Å². The van der Waals surface area contributed by atoms with Crippen LogP contribution >= 0.6 is 0 Å². The number of aliphatic hydroxyl groups is 1. The van der Waals surface area contributed by atoms with E-state index in [1.165, 1.54) is 12.1 Å². The zero-order chi connectivity index (χ0) is 40.2. The summed E-state index contributed by atoms with van der Waals surface area (Å²) in [5.41, 5.74) is 3.75. The zero-order valence-electron chi connectivity index (χ0n) is 30.3. The number of hydrogen-bond donors (Lipinski definition) is 2. The van der Waals surface area contributed by atoms with Crippen molar-refractivity contribution in [1.29, 1.82) is 0 Å². The van der Waals surface area contributed by atoms with E-state index in [4.69, 9.17) is 9.47 Å². The number of hydrogen-bond acceptors (Lipinski definition) is 8. The molecule has 2 saturated heterocycles. The van der Waals surface area contributed by atoms with Gasteiger partial charge in [-0.2, -0.15) is 0 Å². The Morgan fingerprint density at radius 1 is 0.772 bits per heavy atom. The third kappa shape index (κ3) is 8.66. The topological polar surface area (TPSA) is 117 Å². The third-order valence-electron chi connectivity index (χ3n) is 10.3. The minimum absolute atomic E-state index is 0.0468. The van der Waals surface area contributed by atoms with Crippen molar-refractivity contribution in [2.75, 3.05) is 37.6 Å². The number of anilines is 1. The summed E-state index contributed by atoms with van der Waals surface area (Å²) >= 11 is 0. The number of nitro benzene ring substituents is 1. The van der Waals surface area contributed by atoms with Crippen molar-refractivity contribution in [2.24, 2.45) is 0 Å². The van der Waals surface area contributed by atoms with E-state index < -0.39 is 51.8 Å². The van der Waals surface area contributed by atoms with Crippen LogP contribution in [0, 0.1) is 39.2 Å². The van der Waals surface area contributed by atoms with E-state index in [1.54, 1.807) is 36.4 Å². The first-order valence-electron chi connectivity index (χ1n) is 18.2. The number of nitrogens with zero attached hydrogens (tertiary/aromatic N) is 3. The van der Waals surface area contributed by atoms with Crippen molar-refractivity contribution in [3.05, 3.63) is 164 Å². The fourth-order valence-corrected chi connectivity index (χ4v) is 7.14. The molecule has 2 fully saturated rings. The van der Waals surface area contributed by atoms with Gasteiger partial charge in [-0.25, -0.2) is 22.0 Å². The smallest absolute Gasteiger partial charge is 0.269 e. The molecule has 296 valence electrons. The number of piperazine rings is 1. The summed E-state index contributed by atoms with van der Waals surface area (Å²) in [4.78, 5) is 27.8. The molecule has 0 radical (unpaired) electrons. The number of nitro groups is 1. The predicted molar refractivity (Wildman–Crippen MR) is 199 cm³/mol. The molecule has 0 spiro atoms. The van der Waals surface area contributed by atoms with E-state index in [0.717, 1.165) is 48.6 Å². The highest BCUT2D eigenvalue weighted by Gasteiger charge is 2.34. The molecule has 2 aliphatic heterocycles. The van der Waals surface area contributed by atoms with E-state index in [1.807, 2.05) is 48.5 Å². The van der Waals surface area contributed by atoms with E-state index in [0.29, 0.717) is 29.7 Å². The van der Waals surface area contributed by atoms with Crippen LogP contribution in [0.15, 0.2) is 97.1 Å². The molecule has 0 aromatic heterocycles. The molecular weight excluding hydrogens is 751 g/mol. The highest BCUT2D eigenvalue weighted by molar-refractivity contribution is 5.95. The van der Waals surface area contributed by atoms with Gasteiger partial charge in [0.25, 0.3) is 11.6 Å². The molecule has 3 atom stereocenters. The second kappa shape index (κ2) is 17.2. The predicted octanol–water partition coefficient (Wildman–Crippen LogP) is 7.75. The van der Waals surface area contributed by atoms with E-state index in [-0.39, 0.29) is 31.0 Å². The molecule has 0 unspecified atom stereocenters. The third-order valence-corrected chi connectivity index (χ3v) is 10.3. The molecule has 1 amide bonds. The molecule has 0 bridgehead atoms. The Balaban J connectivity index is 1.05. The molecule has 15 heteroatoms. The number of rotatable bonds is 11. The minimum Gasteiger partial charge on any atom is -0.392 e. The standard InChI is InChI=1S/C42H37F5N4O6/c43-36-35(37(44)39(46)40(47)38(36)45)41(53)48-22-29-3-1-2-4-33(29)26-9-11-28(12-10-26)42-56-32(21-34(57-42)27-7-5-25(24-52)6-8-27)23-49-17-19-50(20-18-49)30-13-15-31(16-14-30)51(54)55/h1-16,32,34,42,52H,17-24H2,(H,48,53)/t32-,34+,42+/m0/s1. The van der Waals surface area contributed by atoms with Crippen LogP contribution in [0.25, 0.3) is 11.1 Å². The van der Waals surface area contributed by atoms with Gasteiger partial charge < -0.3 is 24.8 Å². The molecule has 7 rings (SSSR count). The lowest BCUT2D eigenvalue weighted by atomic mass is 9.97. The molecule has 5 aromatic rings. The summed E-state index contributed by atoms with van der Waals surface area (Å²) in [5, 5.41) is 22.9. The maximum Gasteiger partial charge on any atom is 0.269 e. The van der Waals surface area contributed by atoms with Gasteiger partial charge in [-0.15, -0.1) is 0 Å². The minimum atomic E-state index is -2.35. The number of amides is 1. The van der Waals surface area contributed by atoms with Crippen LogP contribution in [0.4, 0.5) is 33.3 Å². The normalized spacial score (nSPS) is 18.7. The van der Waals surface area contributed by atoms with Gasteiger partial charge in [0.05, 0.1) is 23.7 Å². The fourth-order valence-electron chi connectivity index (χ4n) is 7.14. The van der Waals surface area contributed by atoms with E-state index >= 15 is 0 Å². The first-order valence-corrected chi connectivity index (χ1v) is 18.2. The first-order chi connectivity index (χ1) is 27.5. The Labute approximate surface area is 324 Å². The lowest BCUT2D eigenvalue weighted by Gasteiger charge is -2.41. The largest absolute Gasteiger partial charge is 0.392 e. The Hall–Kier alpha value is -5.74. The number of nitrogens with one attached hydrogen (secondary N) is 1. The summed E-state index contributed by atoms with van der Waals surface area (Å²) in [6.07, 6.45) is -0.680. The van der Waals surface area contributed by atoms with Gasteiger partial charge in [-0.05, 0) is 39.9 Å². The monoisotopic (exact) mass is 788 g/mol. The summed E-state index contributed by atoms with van der Waals surface area (Å²) in [7, 11) is 0. The van der Waals surface area contributed by atoms with Crippen molar-refractivity contribution in [2.45, 2.75) is 38.1 Å². The van der Waals surface area contributed by atoms with Gasteiger partial charge in [-0.1, -0.05) is 72.8 Å². The van der Waals surface area contributed by atoms with Crippen LogP contribution in [0.3, 0.4) is 0 Å². The first kappa shape index (κ1) is 39.5. The molecule has 5 aromatic carbocycles. The SMILES string of the molecule is O=C(NCc1ccccc1-c1ccc([C@@H]2O[C@H](CN3CCN(c4ccc([N+](=O)[O-])cc4)CC3)C[C@H](c3ccc(CO)cc3)O2)cc1)c1c(F)c(F)c(F)c(F)c1F. The van der Waals surface area contributed by atoms with E-state index in [2.05, 4.69) is 15.1 Å². The van der Waals surface area contributed by atoms with Crippen LogP contribution < -0.4 is 10.2 Å². The Kier molecular flexibility index (Phi) is 11.9. The number of carbonyl (C=O) groups is 1. The second-order valence-corrected chi connectivity index (χ2v) is 13.8. The molecule has 0 saturated carbocycles. The van der Waals surface area contributed by atoms with Crippen LogP contribution in [-0.4, -0.2) is 59.7 Å². The van der Waals surface area contributed by atoms with Crippen LogP contribution in [0.5, 0.6) is 0 Å². The Morgan fingerprint density at radius 2 is 1.39 bits per heavy atom. The quantitative estimate of drug-likeness (QED) is 0.0459. The molecule has 10 nitrogen and oxygen atoms in total. The highest BCUT2D eigenvalue weighted by atomic mass is 19.2. The second-order valence-electron chi connectivity index (χ2n) is 13.8. The maximum atomic E-state index is 14.3. The van der Waals surface area contributed by atoms with Crippen molar-refractivity contribution in [3.8, 4) is 11.1 Å². The zero-order valence-corrected chi connectivity index (χ0v) is 30.3. The number of benzene rings is 5. The Morgan fingerprint density at radius 3 is 2.02 bits per heavy atom. The summed E-state index contributed by atoms with van der Waals surface area (Å²) < 4.78 is 82.7. The summed E-state index contributed by atoms with van der Waals surface area (Å²) in [5.74, 6) is -12.6. The van der Waals surface area contributed by atoms with Crippen LogP contribution in [0.1, 0.15) is 51.4 Å². The molecule has 57 heavy (non-hydrogen) atoms. The van der Waals surface area contributed by atoms with Crippen molar-refractivity contribution in [3.63, 3.8) is 0 Å². The lowest BCUT2D eigenvalue weighted by molar-refractivity contribution is -0.384. The van der Waals surface area contributed by atoms with E-state index in [9.17, 15) is 42.0 Å². The maximum absolute atomic E-state index is 14.3. The molecule has 2 N–H and O–H groups in total. The molecular formula is C42H37F5N4O6. The number of carbonyl (C=O) groups excluding carboxylic acids is 1. The van der Waals surface area contributed by atoms with Crippen molar-refractivity contribution < 1.29 is 46.3 Å². The average molecular weight is 789 g/mol. The van der Waals surface area contributed by atoms with Crippen molar-refractivity contribution >= 4 is 17.3 Å². The average Bonchev–Trinajstić information content (AvgIpc) is 3.24. The number of halogens is 5. The number of non-ortho nitro benzene ring substituents is 1. The van der Waals surface area contributed by atoms with Gasteiger partial charge >= 0.3 is 0 Å². The highest BCUT2D eigenvalue weighted by Crippen LogP contribution is 2.39. The van der Waals surface area contributed by atoms with Crippen LogP contribution in [0.2, 0.25) is 0 Å². The summed E-state index contributed by atoms with van der Waals surface area (Å²) in [6, 6.07) is 28.4. The van der Waals surface area contributed by atoms with Gasteiger partial charge in [0.2, 0.25) is 5.82 Å². The van der Waals surface area contributed by atoms with Gasteiger partial charge in [0.1, 0.15) is 5.56 Å². The lowest BCUT2D eigenvalue weighted by Crippen LogP contribution is -2.49. The molecule has 2 heterocycles. The molecule has 2 aliphatic rings. The number of ether oxygens (including phenoxy) is 2. The Bertz CT molecular complexity index is 2210. The number of aliphatic hydroxyl groups excluding tert-OH is 1.